The van der Waals surface area contributed by atoms with Crippen LogP contribution in [-0.2, 0) is 11.2 Å². The standard InChI is InChI=1S/C9H9F2NO3.ClH/c10-5-1-4(2-6(11)8(5)13)3-7(12)9(14)15;/h1-2,7,13H,3,12H2,(H,14,15);1H. The maximum atomic E-state index is 12.8. The Hall–Kier alpha value is -1.40. The van der Waals surface area contributed by atoms with Crippen LogP contribution < -0.4 is 5.73 Å². The summed E-state index contributed by atoms with van der Waals surface area (Å²) >= 11 is 0. The molecule has 7 heteroatoms. The second kappa shape index (κ2) is 5.62. The van der Waals surface area contributed by atoms with Crippen molar-refractivity contribution in [2.45, 2.75) is 12.5 Å². The zero-order valence-corrected chi connectivity index (χ0v) is 8.80. The van der Waals surface area contributed by atoms with Gasteiger partial charge in [0.1, 0.15) is 6.04 Å². The summed E-state index contributed by atoms with van der Waals surface area (Å²) in [6.07, 6.45) is -0.205. The molecule has 0 fully saturated rings. The van der Waals surface area contributed by atoms with Crippen molar-refractivity contribution in [1.82, 2.24) is 0 Å². The third-order valence-electron chi connectivity index (χ3n) is 1.85. The Bertz CT molecular complexity index is 377. The van der Waals surface area contributed by atoms with E-state index in [9.17, 15) is 13.6 Å². The average molecular weight is 254 g/mol. The number of aromatic hydroxyl groups is 1. The van der Waals surface area contributed by atoms with Gasteiger partial charge in [-0.2, -0.15) is 0 Å². The van der Waals surface area contributed by atoms with Gasteiger partial charge in [0.25, 0.3) is 0 Å². The maximum absolute atomic E-state index is 12.8. The predicted octanol–water partition coefficient (Wildman–Crippen LogP) is 1.05. The molecule has 0 bridgehead atoms. The van der Waals surface area contributed by atoms with Crippen LogP contribution in [-0.4, -0.2) is 22.2 Å². The van der Waals surface area contributed by atoms with Crippen molar-refractivity contribution in [3.8, 4) is 5.75 Å². The van der Waals surface area contributed by atoms with Gasteiger partial charge >= 0.3 is 5.97 Å². The molecule has 1 rings (SSSR count). The van der Waals surface area contributed by atoms with Crippen LogP contribution in [0.3, 0.4) is 0 Å². The summed E-state index contributed by atoms with van der Waals surface area (Å²) in [6.45, 7) is 0. The van der Waals surface area contributed by atoms with Crippen molar-refractivity contribution in [3.63, 3.8) is 0 Å². The number of phenolic OH excluding ortho intramolecular Hbond substituents is 1. The Labute approximate surface area is 96.1 Å². The first-order valence-electron chi connectivity index (χ1n) is 4.07. The van der Waals surface area contributed by atoms with E-state index in [1.807, 2.05) is 0 Å². The normalized spacial score (nSPS) is 11.7. The summed E-state index contributed by atoms with van der Waals surface area (Å²) in [5, 5.41) is 17.3. The number of carboxylic acid groups (broad SMARTS) is 1. The summed E-state index contributed by atoms with van der Waals surface area (Å²) in [5.74, 6) is -4.61. The third-order valence-corrected chi connectivity index (χ3v) is 1.85. The van der Waals surface area contributed by atoms with Gasteiger partial charge in [-0.3, -0.25) is 4.79 Å². The zero-order chi connectivity index (χ0) is 11.6. The molecule has 1 aromatic rings. The van der Waals surface area contributed by atoms with Crippen LogP contribution in [0.25, 0.3) is 0 Å². The van der Waals surface area contributed by atoms with Gasteiger partial charge in [0, 0.05) is 0 Å². The van der Waals surface area contributed by atoms with Crippen molar-refractivity contribution in [2.75, 3.05) is 0 Å². The first-order chi connectivity index (χ1) is 6.91. The SMILES string of the molecule is Cl.NC(Cc1cc(F)c(O)c(F)c1)C(=O)O. The lowest BCUT2D eigenvalue weighted by atomic mass is 10.1. The molecule has 1 unspecified atom stereocenters. The lowest BCUT2D eigenvalue weighted by molar-refractivity contribution is -0.138. The minimum Gasteiger partial charge on any atom is -0.503 e. The maximum Gasteiger partial charge on any atom is 0.320 e. The van der Waals surface area contributed by atoms with Gasteiger partial charge in [-0.15, -0.1) is 12.4 Å². The molecule has 0 radical (unpaired) electrons. The lowest BCUT2D eigenvalue weighted by Crippen LogP contribution is -2.32. The van der Waals surface area contributed by atoms with E-state index in [-0.39, 0.29) is 24.4 Å². The van der Waals surface area contributed by atoms with Gasteiger partial charge in [-0.25, -0.2) is 8.78 Å². The fourth-order valence-corrected chi connectivity index (χ4v) is 1.08. The number of phenols is 1. The molecule has 0 aromatic heterocycles. The van der Waals surface area contributed by atoms with E-state index < -0.39 is 29.4 Å². The summed E-state index contributed by atoms with van der Waals surface area (Å²) in [5.41, 5.74) is 5.26. The summed E-state index contributed by atoms with van der Waals surface area (Å²) < 4.78 is 25.6. The number of hydrogen-bond acceptors (Lipinski definition) is 3. The fourth-order valence-electron chi connectivity index (χ4n) is 1.08. The highest BCUT2D eigenvalue weighted by atomic mass is 35.5. The molecule has 90 valence electrons. The molecule has 0 spiro atoms. The first kappa shape index (κ1) is 14.6. The molecule has 0 saturated carbocycles. The lowest BCUT2D eigenvalue weighted by Gasteiger charge is -2.07. The van der Waals surface area contributed by atoms with Crippen LogP contribution in [0, 0.1) is 11.6 Å². The Kier molecular flexibility index (Phi) is 5.13. The van der Waals surface area contributed by atoms with Gasteiger partial charge in [0.2, 0.25) is 0 Å². The number of nitrogens with two attached hydrogens (primary N) is 1. The Morgan fingerprint density at radius 2 is 1.81 bits per heavy atom. The number of carbonyl (C=O) groups is 1. The van der Waals surface area contributed by atoms with Gasteiger partial charge in [0.15, 0.2) is 17.4 Å². The van der Waals surface area contributed by atoms with Crippen LogP contribution in [0.15, 0.2) is 12.1 Å². The highest BCUT2D eigenvalue weighted by Crippen LogP contribution is 2.21. The monoisotopic (exact) mass is 253 g/mol. The molecule has 0 heterocycles. The number of hydrogen-bond donors (Lipinski definition) is 3. The molecule has 1 atom stereocenters. The van der Waals surface area contributed by atoms with Crippen LogP contribution in [0.1, 0.15) is 5.56 Å². The van der Waals surface area contributed by atoms with E-state index in [4.69, 9.17) is 15.9 Å². The van der Waals surface area contributed by atoms with Gasteiger partial charge in [-0.05, 0) is 24.1 Å². The quantitative estimate of drug-likeness (QED) is 0.752. The van der Waals surface area contributed by atoms with E-state index >= 15 is 0 Å². The van der Waals surface area contributed by atoms with Crippen molar-refractivity contribution in [1.29, 1.82) is 0 Å². The van der Waals surface area contributed by atoms with Crippen LogP contribution in [0.5, 0.6) is 5.75 Å². The number of benzene rings is 1. The Balaban J connectivity index is 0.00000225. The highest BCUT2D eigenvalue weighted by molar-refractivity contribution is 5.85. The molecule has 1 aromatic carbocycles. The predicted molar refractivity (Wildman–Crippen MR) is 54.6 cm³/mol. The third kappa shape index (κ3) is 3.32. The molecule has 4 N–H and O–H groups in total. The van der Waals surface area contributed by atoms with E-state index in [0.717, 1.165) is 12.1 Å². The first-order valence-corrected chi connectivity index (χ1v) is 4.07. The number of halogens is 3. The molecule has 0 aliphatic heterocycles. The molecule has 16 heavy (non-hydrogen) atoms. The summed E-state index contributed by atoms with van der Waals surface area (Å²) in [4.78, 5) is 10.4. The molecule has 0 aliphatic carbocycles. The molecule has 0 amide bonds. The molecule has 0 saturated heterocycles. The summed E-state index contributed by atoms with van der Waals surface area (Å²) in [6, 6.07) is 0.468. The molecular weight excluding hydrogens is 244 g/mol. The van der Waals surface area contributed by atoms with E-state index in [1.54, 1.807) is 0 Å². The topological polar surface area (TPSA) is 83.5 Å². The highest BCUT2D eigenvalue weighted by Gasteiger charge is 2.15. The molecule has 4 nitrogen and oxygen atoms in total. The van der Waals surface area contributed by atoms with Crippen LogP contribution in [0.2, 0.25) is 0 Å². The second-order valence-corrected chi connectivity index (χ2v) is 3.06. The van der Waals surface area contributed by atoms with Crippen molar-refractivity contribution < 1.29 is 23.8 Å². The zero-order valence-electron chi connectivity index (χ0n) is 7.98. The summed E-state index contributed by atoms with van der Waals surface area (Å²) in [7, 11) is 0. The van der Waals surface area contributed by atoms with Crippen molar-refractivity contribution in [3.05, 3.63) is 29.3 Å². The largest absolute Gasteiger partial charge is 0.503 e. The van der Waals surface area contributed by atoms with E-state index in [1.165, 1.54) is 0 Å². The van der Waals surface area contributed by atoms with Gasteiger partial charge < -0.3 is 15.9 Å². The minimum absolute atomic E-state index is 0. The van der Waals surface area contributed by atoms with Crippen LogP contribution >= 0.6 is 12.4 Å². The van der Waals surface area contributed by atoms with E-state index in [2.05, 4.69) is 0 Å². The number of aliphatic carboxylic acids is 1. The molecular formula is C9H10ClF2NO3. The Morgan fingerprint density at radius 3 is 2.19 bits per heavy atom. The van der Waals surface area contributed by atoms with E-state index in [0.29, 0.717) is 0 Å². The number of rotatable bonds is 3. The van der Waals surface area contributed by atoms with Crippen molar-refractivity contribution >= 4 is 18.4 Å². The second-order valence-electron chi connectivity index (χ2n) is 3.06. The van der Waals surface area contributed by atoms with Gasteiger partial charge in [-0.1, -0.05) is 0 Å². The van der Waals surface area contributed by atoms with Gasteiger partial charge in [0.05, 0.1) is 0 Å². The average Bonchev–Trinajstić information content (AvgIpc) is 2.13. The Morgan fingerprint density at radius 1 is 1.38 bits per heavy atom. The minimum atomic E-state index is -1.26. The fraction of sp³-hybridized carbons (Fsp3) is 0.222. The van der Waals surface area contributed by atoms with Crippen molar-refractivity contribution in [2.24, 2.45) is 5.73 Å². The number of carboxylic acids is 1. The smallest absolute Gasteiger partial charge is 0.320 e. The molecule has 0 aliphatic rings. The van der Waals surface area contributed by atoms with Crippen LogP contribution in [0.4, 0.5) is 8.78 Å².